The van der Waals surface area contributed by atoms with Crippen LogP contribution in [0.5, 0.6) is 11.5 Å². The summed E-state index contributed by atoms with van der Waals surface area (Å²) in [6.45, 7) is 3.84. The number of halogens is 2. The van der Waals surface area contributed by atoms with Crippen molar-refractivity contribution < 1.29 is 18.6 Å². The van der Waals surface area contributed by atoms with Crippen molar-refractivity contribution in [2.75, 3.05) is 25.1 Å². The summed E-state index contributed by atoms with van der Waals surface area (Å²) >= 11 is 5.83. The van der Waals surface area contributed by atoms with Gasteiger partial charge < -0.3 is 19.5 Å². The summed E-state index contributed by atoms with van der Waals surface area (Å²) < 4.78 is 30.7. The zero-order chi connectivity index (χ0) is 20.2. The van der Waals surface area contributed by atoms with E-state index in [4.69, 9.17) is 25.8 Å². The third-order valence-electron chi connectivity index (χ3n) is 4.58. The maximum atomic E-state index is 13.3. The molecule has 0 unspecified atom stereocenters. The highest BCUT2D eigenvalue weighted by Gasteiger charge is 2.18. The molecule has 0 saturated carbocycles. The summed E-state index contributed by atoms with van der Waals surface area (Å²) in [5, 5.41) is 3.90. The Balaban J connectivity index is 1.61. The van der Waals surface area contributed by atoms with Crippen LogP contribution in [-0.2, 0) is 4.74 Å². The summed E-state index contributed by atoms with van der Waals surface area (Å²) in [7, 11) is 0. The van der Waals surface area contributed by atoms with Crippen LogP contribution in [0, 0.1) is 5.82 Å². The molecule has 1 N–H and O–H groups in total. The van der Waals surface area contributed by atoms with Gasteiger partial charge in [-0.2, -0.15) is 0 Å². The third-order valence-corrected chi connectivity index (χ3v) is 4.87. The number of aromatic nitrogens is 2. The minimum atomic E-state index is -0.477. The van der Waals surface area contributed by atoms with E-state index in [0.717, 1.165) is 18.2 Å². The summed E-state index contributed by atoms with van der Waals surface area (Å²) in [5.74, 6) is 1.22. The molecule has 152 valence electrons. The van der Waals surface area contributed by atoms with E-state index in [-0.39, 0.29) is 11.1 Å². The van der Waals surface area contributed by atoms with Crippen molar-refractivity contribution in [1.29, 1.82) is 0 Å². The molecule has 1 aromatic heterocycles. The first-order valence-corrected chi connectivity index (χ1v) is 9.90. The number of rotatable bonds is 6. The number of nitrogens with one attached hydrogen (secondary N) is 1. The predicted molar refractivity (Wildman–Crippen MR) is 110 cm³/mol. The molecule has 1 aliphatic heterocycles. The molecule has 1 saturated heterocycles. The van der Waals surface area contributed by atoms with Gasteiger partial charge in [-0.15, -0.1) is 0 Å². The summed E-state index contributed by atoms with van der Waals surface area (Å²) in [6.07, 6.45) is 3.51. The summed E-state index contributed by atoms with van der Waals surface area (Å²) in [4.78, 5) is 8.88. The smallest absolute Gasteiger partial charge is 0.227 e. The van der Waals surface area contributed by atoms with Crippen LogP contribution in [0.25, 0.3) is 10.9 Å². The van der Waals surface area contributed by atoms with Gasteiger partial charge in [0.05, 0.1) is 30.4 Å². The number of ether oxygens (including phenoxy) is 3. The topological polar surface area (TPSA) is 65.5 Å². The Labute approximate surface area is 173 Å². The van der Waals surface area contributed by atoms with Crippen LogP contribution in [0.3, 0.4) is 0 Å². The van der Waals surface area contributed by atoms with E-state index in [1.807, 2.05) is 19.1 Å². The molecule has 0 atom stereocenters. The fourth-order valence-corrected chi connectivity index (χ4v) is 3.32. The second-order valence-electron chi connectivity index (χ2n) is 6.67. The van der Waals surface area contributed by atoms with Crippen molar-refractivity contribution in [3.05, 3.63) is 47.4 Å². The van der Waals surface area contributed by atoms with Crippen molar-refractivity contribution in [3.8, 4) is 11.5 Å². The SMILES string of the molecule is CCOc1cc2nc(Nc3ccc(F)c(Cl)c3)ncc2cc1OC1CCOCC1. The van der Waals surface area contributed by atoms with Gasteiger partial charge in [-0.3, -0.25) is 0 Å². The quantitative estimate of drug-likeness (QED) is 0.600. The fourth-order valence-electron chi connectivity index (χ4n) is 3.14. The van der Waals surface area contributed by atoms with Gasteiger partial charge in [0, 0.05) is 36.2 Å². The lowest BCUT2D eigenvalue weighted by molar-refractivity contribution is 0.0244. The van der Waals surface area contributed by atoms with Crippen molar-refractivity contribution in [3.63, 3.8) is 0 Å². The molecule has 0 aliphatic carbocycles. The first kappa shape index (κ1) is 19.7. The Hall–Kier alpha value is -2.64. The predicted octanol–water partition coefficient (Wildman–Crippen LogP) is 5.12. The molecule has 4 rings (SSSR count). The first-order valence-electron chi connectivity index (χ1n) is 9.52. The van der Waals surface area contributed by atoms with Crippen LogP contribution in [0.15, 0.2) is 36.5 Å². The molecule has 6 nitrogen and oxygen atoms in total. The zero-order valence-electron chi connectivity index (χ0n) is 16.0. The lowest BCUT2D eigenvalue weighted by atomic mass is 10.1. The van der Waals surface area contributed by atoms with E-state index in [2.05, 4.69) is 15.3 Å². The molecular weight excluding hydrogens is 397 g/mol. The van der Waals surface area contributed by atoms with Crippen LogP contribution < -0.4 is 14.8 Å². The molecular formula is C21H21ClFN3O3. The molecule has 0 spiro atoms. The second kappa shape index (κ2) is 8.80. The lowest BCUT2D eigenvalue weighted by Crippen LogP contribution is -2.26. The summed E-state index contributed by atoms with van der Waals surface area (Å²) in [5.41, 5.74) is 1.30. The number of hydrogen-bond acceptors (Lipinski definition) is 6. The molecule has 1 fully saturated rings. The Bertz CT molecular complexity index is 1010. The highest BCUT2D eigenvalue weighted by molar-refractivity contribution is 6.31. The number of benzene rings is 2. The Kier molecular flexibility index (Phi) is 5.97. The number of anilines is 2. The summed E-state index contributed by atoms with van der Waals surface area (Å²) in [6, 6.07) is 8.09. The zero-order valence-corrected chi connectivity index (χ0v) is 16.7. The van der Waals surface area contributed by atoms with E-state index in [9.17, 15) is 4.39 Å². The maximum absolute atomic E-state index is 13.3. The molecule has 29 heavy (non-hydrogen) atoms. The van der Waals surface area contributed by atoms with Crippen LogP contribution in [-0.4, -0.2) is 35.9 Å². The van der Waals surface area contributed by atoms with Gasteiger partial charge in [-0.05, 0) is 31.2 Å². The largest absolute Gasteiger partial charge is 0.490 e. The van der Waals surface area contributed by atoms with Crippen molar-refractivity contribution in [2.24, 2.45) is 0 Å². The van der Waals surface area contributed by atoms with E-state index in [0.29, 0.717) is 48.5 Å². The van der Waals surface area contributed by atoms with Crippen molar-refractivity contribution >= 4 is 34.1 Å². The van der Waals surface area contributed by atoms with Gasteiger partial charge >= 0.3 is 0 Å². The van der Waals surface area contributed by atoms with Crippen LogP contribution in [0.1, 0.15) is 19.8 Å². The third kappa shape index (κ3) is 4.68. The molecule has 2 aromatic carbocycles. The first-order chi connectivity index (χ1) is 14.1. The molecule has 0 amide bonds. The highest BCUT2D eigenvalue weighted by atomic mass is 35.5. The highest BCUT2D eigenvalue weighted by Crippen LogP contribution is 2.34. The molecule has 0 bridgehead atoms. The minimum absolute atomic E-state index is 0.0318. The monoisotopic (exact) mass is 417 g/mol. The Morgan fingerprint density at radius 1 is 1.21 bits per heavy atom. The molecule has 2 heterocycles. The van der Waals surface area contributed by atoms with E-state index >= 15 is 0 Å². The van der Waals surface area contributed by atoms with Gasteiger partial charge in [-0.25, -0.2) is 14.4 Å². The molecule has 0 radical (unpaired) electrons. The average Bonchev–Trinajstić information content (AvgIpc) is 2.72. The van der Waals surface area contributed by atoms with Crippen LogP contribution in [0.4, 0.5) is 16.0 Å². The Morgan fingerprint density at radius 2 is 2.03 bits per heavy atom. The Morgan fingerprint density at radius 3 is 2.79 bits per heavy atom. The van der Waals surface area contributed by atoms with Gasteiger partial charge in [0.25, 0.3) is 0 Å². The normalized spacial score (nSPS) is 14.7. The van der Waals surface area contributed by atoms with Gasteiger partial charge in [0.15, 0.2) is 11.5 Å². The van der Waals surface area contributed by atoms with Crippen LogP contribution >= 0.6 is 11.6 Å². The van der Waals surface area contributed by atoms with Crippen molar-refractivity contribution in [2.45, 2.75) is 25.9 Å². The van der Waals surface area contributed by atoms with Gasteiger partial charge in [-0.1, -0.05) is 11.6 Å². The maximum Gasteiger partial charge on any atom is 0.227 e. The van der Waals surface area contributed by atoms with E-state index in [1.165, 1.54) is 12.1 Å². The van der Waals surface area contributed by atoms with Gasteiger partial charge in [0.2, 0.25) is 5.95 Å². The van der Waals surface area contributed by atoms with Crippen LogP contribution in [0.2, 0.25) is 5.02 Å². The lowest BCUT2D eigenvalue weighted by Gasteiger charge is -2.24. The number of hydrogen-bond donors (Lipinski definition) is 1. The standard InChI is InChI=1S/C21H21ClFN3O3/c1-2-28-19-11-18-13(9-20(19)29-15-5-7-27-8-6-15)12-24-21(26-18)25-14-3-4-17(23)16(22)10-14/h3-4,9-12,15H,2,5-8H2,1H3,(H,24,25,26). The van der Waals surface area contributed by atoms with E-state index in [1.54, 1.807) is 12.3 Å². The molecule has 1 aliphatic rings. The molecule has 3 aromatic rings. The molecule has 8 heteroatoms. The minimum Gasteiger partial charge on any atom is -0.490 e. The average molecular weight is 418 g/mol. The van der Waals surface area contributed by atoms with E-state index < -0.39 is 5.82 Å². The number of fused-ring (bicyclic) bond motifs is 1. The van der Waals surface area contributed by atoms with Gasteiger partial charge in [0.1, 0.15) is 11.9 Å². The number of nitrogens with zero attached hydrogens (tertiary/aromatic N) is 2. The van der Waals surface area contributed by atoms with Crippen molar-refractivity contribution in [1.82, 2.24) is 9.97 Å². The second-order valence-corrected chi connectivity index (χ2v) is 7.08. The fraction of sp³-hybridized carbons (Fsp3) is 0.333.